The molecule has 1 amide bonds. The number of pyridine rings is 1. The summed E-state index contributed by atoms with van der Waals surface area (Å²) in [6.07, 6.45) is 4.30. The molecule has 1 aliphatic rings. The summed E-state index contributed by atoms with van der Waals surface area (Å²) in [6, 6.07) is 21.3. The van der Waals surface area contributed by atoms with Gasteiger partial charge in [0, 0.05) is 37.2 Å². The van der Waals surface area contributed by atoms with Crippen molar-refractivity contribution in [3.8, 4) is 22.6 Å². The van der Waals surface area contributed by atoms with E-state index in [0.29, 0.717) is 47.5 Å². The summed E-state index contributed by atoms with van der Waals surface area (Å²) in [5.74, 6) is 0.317. The van der Waals surface area contributed by atoms with Crippen LogP contribution in [0.3, 0.4) is 0 Å². The number of anilines is 1. The molecular weight excluding hydrogens is 549 g/mol. The van der Waals surface area contributed by atoms with Crippen LogP contribution in [-0.4, -0.2) is 44.0 Å². The number of halogens is 1. The lowest BCUT2D eigenvalue weighted by molar-refractivity contribution is -0.231. The summed E-state index contributed by atoms with van der Waals surface area (Å²) in [4.78, 5) is 34.3. The van der Waals surface area contributed by atoms with Crippen molar-refractivity contribution in [2.24, 2.45) is 5.41 Å². The first-order valence-corrected chi connectivity index (χ1v) is 13.8. The monoisotopic (exact) mass is 579 g/mol. The number of hydrogen-bond acceptors (Lipinski definition) is 8. The highest BCUT2D eigenvalue weighted by atomic mass is 19.1. The molecule has 1 fully saturated rings. The van der Waals surface area contributed by atoms with Gasteiger partial charge in [-0.05, 0) is 54.4 Å². The molecule has 4 heterocycles. The molecule has 3 aromatic heterocycles. The molecule has 0 bridgehead atoms. The number of imidazole rings is 1. The average molecular weight is 580 g/mol. The van der Waals surface area contributed by atoms with Gasteiger partial charge in [0.15, 0.2) is 5.82 Å². The van der Waals surface area contributed by atoms with E-state index in [4.69, 9.17) is 14.5 Å². The summed E-state index contributed by atoms with van der Waals surface area (Å²) >= 11 is 0. The van der Waals surface area contributed by atoms with Gasteiger partial charge in [-0.25, -0.2) is 19.3 Å². The fourth-order valence-corrected chi connectivity index (χ4v) is 4.66. The number of amides is 1. The standard InChI is InChI=1S/C32H30FN7O3/c1-32(30(41)36-17-21-6-3-2-4-7-21)19-42-29(43-20-32)28-39-26(23-9-11-24(33)12-10-23)27(40-28)25-13-15-35-31(38-25)37-18-22-8-5-14-34-16-22/h2-16,29H,17-20H2,1H3,(H,36,41)(H,39,40)(H,35,37,38). The maximum absolute atomic E-state index is 13.8. The second kappa shape index (κ2) is 12.5. The van der Waals surface area contributed by atoms with Crippen LogP contribution >= 0.6 is 0 Å². The Kier molecular flexibility index (Phi) is 8.16. The van der Waals surface area contributed by atoms with E-state index >= 15 is 0 Å². The molecule has 0 atom stereocenters. The Bertz CT molecular complexity index is 1670. The number of aromatic amines is 1. The Morgan fingerprint density at radius 1 is 0.953 bits per heavy atom. The fraction of sp³-hybridized carbons (Fsp3) is 0.219. The molecule has 10 nitrogen and oxygen atoms in total. The van der Waals surface area contributed by atoms with E-state index in [-0.39, 0.29) is 24.9 Å². The van der Waals surface area contributed by atoms with Crippen LogP contribution in [0, 0.1) is 11.2 Å². The number of carbonyl (C=O) groups is 1. The van der Waals surface area contributed by atoms with Gasteiger partial charge in [-0.1, -0.05) is 36.4 Å². The van der Waals surface area contributed by atoms with E-state index in [9.17, 15) is 9.18 Å². The Morgan fingerprint density at radius 3 is 2.47 bits per heavy atom. The van der Waals surface area contributed by atoms with Gasteiger partial charge in [0.1, 0.15) is 5.82 Å². The van der Waals surface area contributed by atoms with Crippen molar-refractivity contribution < 1.29 is 18.7 Å². The maximum atomic E-state index is 13.8. The van der Waals surface area contributed by atoms with Gasteiger partial charge in [0.05, 0.1) is 35.7 Å². The minimum atomic E-state index is -0.873. The predicted octanol–water partition coefficient (Wildman–Crippen LogP) is 5.05. The zero-order valence-corrected chi connectivity index (χ0v) is 23.5. The predicted molar refractivity (Wildman–Crippen MR) is 158 cm³/mol. The number of carbonyl (C=O) groups excluding carboxylic acids is 1. The van der Waals surface area contributed by atoms with Crippen LogP contribution in [0.5, 0.6) is 0 Å². The lowest BCUT2D eigenvalue weighted by Crippen LogP contribution is -2.48. The van der Waals surface area contributed by atoms with Gasteiger partial charge < -0.3 is 25.1 Å². The Labute approximate surface area is 247 Å². The molecule has 3 N–H and O–H groups in total. The summed E-state index contributed by atoms with van der Waals surface area (Å²) in [6.45, 7) is 2.99. The van der Waals surface area contributed by atoms with Crippen LogP contribution in [-0.2, 0) is 27.4 Å². The quantitative estimate of drug-likeness (QED) is 0.222. The van der Waals surface area contributed by atoms with Crippen LogP contribution in [0.25, 0.3) is 22.6 Å². The van der Waals surface area contributed by atoms with Crippen molar-refractivity contribution in [3.05, 3.63) is 114 Å². The molecule has 0 saturated carbocycles. The van der Waals surface area contributed by atoms with E-state index < -0.39 is 11.7 Å². The minimum absolute atomic E-state index is 0.135. The zero-order valence-electron chi connectivity index (χ0n) is 23.5. The van der Waals surface area contributed by atoms with E-state index in [0.717, 1.165) is 11.1 Å². The number of hydrogen-bond donors (Lipinski definition) is 3. The zero-order chi connectivity index (χ0) is 29.6. The molecule has 0 aliphatic carbocycles. The van der Waals surface area contributed by atoms with Crippen molar-refractivity contribution in [2.75, 3.05) is 18.5 Å². The third-order valence-electron chi connectivity index (χ3n) is 7.10. The second-order valence-corrected chi connectivity index (χ2v) is 10.5. The summed E-state index contributed by atoms with van der Waals surface area (Å²) in [5.41, 5.74) is 3.52. The maximum Gasteiger partial charge on any atom is 0.230 e. The van der Waals surface area contributed by atoms with Crippen LogP contribution in [0.2, 0.25) is 0 Å². The molecule has 1 saturated heterocycles. The second-order valence-electron chi connectivity index (χ2n) is 10.5. The van der Waals surface area contributed by atoms with Crippen molar-refractivity contribution in [2.45, 2.75) is 26.3 Å². The number of rotatable bonds is 9. The molecule has 0 unspecified atom stereocenters. The van der Waals surface area contributed by atoms with Crippen molar-refractivity contribution >= 4 is 11.9 Å². The summed E-state index contributed by atoms with van der Waals surface area (Å²) in [7, 11) is 0. The third-order valence-corrected chi connectivity index (χ3v) is 7.10. The lowest BCUT2D eigenvalue weighted by atomic mass is 9.91. The van der Waals surface area contributed by atoms with Gasteiger partial charge in [0.25, 0.3) is 0 Å². The smallest absolute Gasteiger partial charge is 0.230 e. The van der Waals surface area contributed by atoms with Crippen molar-refractivity contribution in [1.82, 2.24) is 30.2 Å². The molecule has 5 aromatic rings. The topological polar surface area (TPSA) is 127 Å². The molecule has 0 radical (unpaired) electrons. The normalized spacial score (nSPS) is 18.2. The first kappa shape index (κ1) is 28.1. The number of aromatic nitrogens is 5. The SMILES string of the molecule is CC1(C(=O)NCc2ccccc2)COC(c2nc(-c3ccc(F)cc3)c(-c3ccnc(NCc4cccnc4)n3)[nH]2)OC1. The number of nitrogens with one attached hydrogen (secondary N) is 3. The molecule has 43 heavy (non-hydrogen) atoms. The molecule has 11 heteroatoms. The first-order valence-electron chi connectivity index (χ1n) is 13.8. The van der Waals surface area contributed by atoms with Crippen molar-refractivity contribution in [3.63, 3.8) is 0 Å². The van der Waals surface area contributed by atoms with E-state index in [2.05, 4.69) is 30.6 Å². The van der Waals surface area contributed by atoms with Gasteiger partial charge >= 0.3 is 0 Å². The van der Waals surface area contributed by atoms with Crippen molar-refractivity contribution in [1.29, 1.82) is 0 Å². The summed E-state index contributed by atoms with van der Waals surface area (Å²) < 4.78 is 25.8. The van der Waals surface area contributed by atoms with Gasteiger partial charge in [-0.3, -0.25) is 9.78 Å². The van der Waals surface area contributed by atoms with Gasteiger partial charge in [0.2, 0.25) is 18.1 Å². The Morgan fingerprint density at radius 2 is 1.72 bits per heavy atom. The Balaban J connectivity index is 1.21. The summed E-state index contributed by atoms with van der Waals surface area (Å²) in [5, 5.41) is 6.19. The largest absolute Gasteiger partial charge is 0.351 e. The number of H-pyrrole nitrogens is 1. The highest BCUT2D eigenvalue weighted by Gasteiger charge is 2.40. The van der Waals surface area contributed by atoms with Crippen LogP contribution < -0.4 is 10.6 Å². The number of ether oxygens (including phenoxy) is 2. The fourth-order valence-electron chi connectivity index (χ4n) is 4.66. The number of benzene rings is 2. The molecule has 0 spiro atoms. The highest BCUT2D eigenvalue weighted by molar-refractivity contribution is 5.82. The molecule has 218 valence electrons. The Hall–Kier alpha value is -5.00. The van der Waals surface area contributed by atoms with Gasteiger partial charge in [-0.15, -0.1) is 0 Å². The lowest BCUT2D eigenvalue weighted by Gasteiger charge is -2.35. The van der Waals surface area contributed by atoms with E-state index in [1.165, 1.54) is 12.1 Å². The molecule has 2 aromatic carbocycles. The molecule has 6 rings (SSSR count). The highest BCUT2D eigenvalue weighted by Crippen LogP contribution is 2.35. The average Bonchev–Trinajstić information content (AvgIpc) is 3.50. The first-order chi connectivity index (χ1) is 21.0. The van der Waals surface area contributed by atoms with Crippen LogP contribution in [0.4, 0.5) is 10.3 Å². The van der Waals surface area contributed by atoms with Gasteiger partial charge in [-0.2, -0.15) is 0 Å². The number of nitrogens with zero attached hydrogens (tertiary/aromatic N) is 4. The van der Waals surface area contributed by atoms with E-state index in [1.54, 1.807) is 36.8 Å². The molecule has 1 aliphatic heterocycles. The van der Waals surface area contributed by atoms with Crippen LogP contribution in [0.15, 0.2) is 91.4 Å². The van der Waals surface area contributed by atoms with E-state index in [1.807, 2.05) is 49.4 Å². The molecular formula is C32H30FN7O3. The minimum Gasteiger partial charge on any atom is -0.351 e. The third kappa shape index (κ3) is 6.58. The van der Waals surface area contributed by atoms with Crippen LogP contribution in [0.1, 0.15) is 30.2 Å².